The van der Waals surface area contributed by atoms with Gasteiger partial charge in [-0.2, -0.15) is 0 Å². The van der Waals surface area contributed by atoms with Crippen LogP contribution in [0.5, 0.6) is 0 Å². The van der Waals surface area contributed by atoms with Gasteiger partial charge in [-0.3, -0.25) is 9.59 Å². The summed E-state index contributed by atoms with van der Waals surface area (Å²) in [5.74, 6) is -0.492. The van der Waals surface area contributed by atoms with Crippen LogP contribution in [0.3, 0.4) is 0 Å². The Labute approximate surface area is 145 Å². The molecule has 0 aliphatic rings. The lowest BCUT2D eigenvalue weighted by molar-refractivity contribution is -0.122. The summed E-state index contributed by atoms with van der Waals surface area (Å²) in [6.45, 7) is 1.82. The summed E-state index contributed by atoms with van der Waals surface area (Å²) in [6.07, 6.45) is 0.937. The zero-order chi connectivity index (χ0) is 17.5. The molecule has 1 heterocycles. The predicted octanol–water partition coefficient (Wildman–Crippen LogP) is 2.23. The molecule has 1 atom stereocenters. The third-order valence-electron chi connectivity index (χ3n) is 3.77. The third kappa shape index (κ3) is 4.66. The van der Waals surface area contributed by atoms with E-state index in [0.29, 0.717) is 4.88 Å². The molecule has 2 amide bonds. The van der Waals surface area contributed by atoms with E-state index in [1.807, 2.05) is 29.6 Å². The molecule has 1 unspecified atom stereocenters. The lowest BCUT2D eigenvalue weighted by atomic mass is 10.0. The van der Waals surface area contributed by atoms with Crippen molar-refractivity contribution in [2.24, 2.45) is 0 Å². The number of rotatable bonds is 7. The zero-order valence-corrected chi connectivity index (χ0v) is 14.7. The molecule has 0 aliphatic carbocycles. The van der Waals surface area contributed by atoms with Crippen LogP contribution in [-0.4, -0.2) is 42.0 Å². The van der Waals surface area contributed by atoms with Gasteiger partial charge in [-0.15, -0.1) is 11.3 Å². The van der Waals surface area contributed by atoms with Gasteiger partial charge in [-0.1, -0.05) is 37.3 Å². The molecule has 0 saturated carbocycles. The third-order valence-corrected chi connectivity index (χ3v) is 4.63. The molecular formula is C18H22N2O3S. The lowest BCUT2D eigenvalue weighted by Gasteiger charge is -2.20. The summed E-state index contributed by atoms with van der Waals surface area (Å²) in [5.41, 5.74) is 2.04. The number of aryl methyl sites for hydroxylation is 1. The summed E-state index contributed by atoms with van der Waals surface area (Å²) < 4.78 is 0. The highest BCUT2D eigenvalue weighted by atomic mass is 32.1. The SMILES string of the molecule is CCc1ccc(C(CO)NC(=O)CN(C)C(=O)c2cccs2)cc1. The van der Waals surface area contributed by atoms with Crippen LogP contribution in [0.15, 0.2) is 41.8 Å². The monoisotopic (exact) mass is 346 g/mol. The Hall–Kier alpha value is -2.18. The summed E-state index contributed by atoms with van der Waals surface area (Å²) in [7, 11) is 1.59. The first-order valence-corrected chi connectivity index (χ1v) is 8.71. The molecule has 6 heteroatoms. The van der Waals surface area contributed by atoms with Crippen molar-refractivity contribution in [2.75, 3.05) is 20.2 Å². The van der Waals surface area contributed by atoms with Crippen LogP contribution in [0.25, 0.3) is 0 Å². The maximum atomic E-state index is 12.2. The highest BCUT2D eigenvalue weighted by Gasteiger charge is 2.18. The summed E-state index contributed by atoms with van der Waals surface area (Å²) in [4.78, 5) is 26.3. The van der Waals surface area contributed by atoms with E-state index in [9.17, 15) is 14.7 Å². The first-order valence-electron chi connectivity index (χ1n) is 7.83. The van der Waals surface area contributed by atoms with Crippen molar-refractivity contribution in [2.45, 2.75) is 19.4 Å². The second kappa shape index (κ2) is 8.61. The Morgan fingerprint density at radius 2 is 1.96 bits per heavy atom. The molecule has 0 bridgehead atoms. The van der Waals surface area contributed by atoms with Crippen molar-refractivity contribution < 1.29 is 14.7 Å². The number of aliphatic hydroxyl groups excluding tert-OH is 1. The molecule has 2 aromatic rings. The number of carbonyl (C=O) groups is 2. The van der Waals surface area contributed by atoms with Gasteiger partial charge in [0.1, 0.15) is 0 Å². The van der Waals surface area contributed by atoms with E-state index in [2.05, 4.69) is 12.2 Å². The Morgan fingerprint density at radius 3 is 2.50 bits per heavy atom. The maximum absolute atomic E-state index is 12.2. The number of thiophene rings is 1. The van der Waals surface area contributed by atoms with Crippen molar-refractivity contribution in [1.82, 2.24) is 10.2 Å². The van der Waals surface area contributed by atoms with Gasteiger partial charge in [0.15, 0.2) is 0 Å². The minimum absolute atomic E-state index is 0.0553. The van der Waals surface area contributed by atoms with Gasteiger partial charge in [-0.05, 0) is 29.0 Å². The summed E-state index contributed by atoms with van der Waals surface area (Å²) >= 11 is 1.34. The number of benzene rings is 1. The van der Waals surface area contributed by atoms with Crippen LogP contribution in [0.1, 0.15) is 33.8 Å². The van der Waals surface area contributed by atoms with Crippen LogP contribution in [0.4, 0.5) is 0 Å². The van der Waals surface area contributed by atoms with Gasteiger partial charge in [-0.25, -0.2) is 0 Å². The van der Waals surface area contributed by atoms with E-state index in [0.717, 1.165) is 12.0 Å². The predicted molar refractivity (Wildman–Crippen MR) is 95.1 cm³/mol. The fourth-order valence-electron chi connectivity index (χ4n) is 2.34. The van der Waals surface area contributed by atoms with Crippen LogP contribution in [0.2, 0.25) is 0 Å². The van der Waals surface area contributed by atoms with E-state index in [-0.39, 0.29) is 25.0 Å². The Morgan fingerprint density at radius 1 is 1.25 bits per heavy atom. The molecule has 128 valence electrons. The Balaban J connectivity index is 1.94. The zero-order valence-electron chi connectivity index (χ0n) is 13.9. The molecule has 2 N–H and O–H groups in total. The number of carbonyl (C=O) groups excluding carboxylic acids is 2. The first-order chi connectivity index (χ1) is 11.5. The van der Waals surface area contributed by atoms with Crippen molar-refractivity contribution in [3.8, 4) is 0 Å². The number of hydrogen-bond acceptors (Lipinski definition) is 4. The van der Waals surface area contributed by atoms with Crippen LogP contribution < -0.4 is 5.32 Å². The molecule has 5 nitrogen and oxygen atoms in total. The van der Waals surface area contributed by atoms with E-state index < -0.39 is 6.04 Å². The number of nitrogens with one attached hydrogen (secondary N) is 1. The topological polar surface area (TPSA) is 69.6 Å². The second-order valence-corrected chi connectivity index (χ2v) is 6.48. The molecule has 0 saturated heterocycles. The molecule has 0 fully saturated rings. The van der Waals surface area contributed by atoms with Gasteiger partial charge in [0.05, 0.1) is 24.1 Å². The molecular weight excluding hydrogens is 324 g/mol. The fraction of sp³-hybridized carbons (Fsp3) is 0.333. The lowest BCUT2D eigenvalue weighted by Crippen LogP contribution is -2.40. The minimum Gasteiger partial charge on any atom is -0.394 e. The number of amides is 2. The van der Waals surface area contributed by atoms with E-state index in [1.54, 1.807) is 19.2 Å². The summed E-state index contributed by atoms with van der Waals surface area (Å²) in [6, 6.07) is 10.8. The van der Waals surface area contributed by atoms with Crippen molar-refractivity contribution >= 4 is 23.2 Å². The molecule has 1 aromatic carbocycles. The van der Waals surface area contributed by atoms with Gasteiger partial charge < -0.3 is 15.3 Å². The van der Waals surface area contributed by atoms with Crippen molar-refractivity contribution in [1.29, 1.82) is 0 Å². The number of nitrogens with zero attached hydrogens (tertiary/aromatic N) is 1. The van der Waals surface area contributed by atoms with Gasteiger partial charge in [0.25, 0.3) is 5.91 Å². The van der Waals surface area contributed by atoms with Gasteiger partial charge in [0.2, 0.25) is 5.91 Å². The van der Waals surface area contributed by atoms with Crippen molar-refractivity contribution in [3.63, 3.8) is 0 Å². The fourth-order valence-corrected chi connectivity index (χ4v) is 3.05. The smallest absolute Gasteiger partial charge is 0.264 e. The number of hydrogen-bond donors (Lipinski definition) is 2. The molecule has 24 heavy (non-hydrogen) atoms. The van der Waals surface area contributed by atoms with E-state index in [1.165, 1.54) is 21.8 Å². The van der Waals surface area contributed by atoms with Crippen molar-refractivity contribution in [3.05, 3.63) is 57.8 Å². The number of aliphatic hydroxyl groups is 1. The molecule has 0 aliphatic heterocycles. The normalized spacial score (nSPS) is 11.8. The largest absolute Gasteiger partial charge is 0.394 e. The highest BCUT2D eigenvalue weighted by molar-refractivity contribution is 7.12. The average molecular weight is 346 g/mol. The maximum Gasteiger partial charge on any atom is 0.264 e. The molecule has 0 spiro atoms. The molecule has 0 radical (unpaired) electrons. The quantitative estimate of drug-likeness (QED) is 0.808. The Bertz CT molecular complexity index is 668. The minimum atomic E-state index is -0.478. The molecule has 2 rings (SSSR count). The van der Waals surface area contributed by atoms with Gasteiger partial charge >= 0.3 is 0 Å². The van der Waals surface area contributed by atoms with Crippen LogP contribution >= 0.6 is 11.3 Å². The summed E-state index contributed by atoms with van der Waals surface area (Å²) in [5, 5.41) is 14.1. The highest BCUT2D eigenvalue weighted by Crippen LogP contribution is 2.14. The van der Waals surface area contributed by atoms with E-state index in [4.69, 9.17) is 0 Å². The second-order valence-electron chi connectivity index (χ2n) is 5.54. The number of likely N-dealkylation sites (N-methyl/N-ethyl adjacent to an activating group) is 1. The van der Waals surface area contributed by atoms with E-state index >= 15 is 0 Å². The van der Waals surface area contributed by atoms with Crippen LogP contribution in [0, 0.1) is 0 Å². The van der Waals surface area contributed by atoms with Gasteiger partial charge in [0, 0.05) is 7.05 Å². The first kappa shape index (κ1) is 18.2. The average Bonchev–Trinajstić information content (AvgIpc) is 3.13. The standard InChI is InChI=1S/C18H22N2O3S/c1-3-13-6-8-14(9-7-13)15(12-21)19-17(22)11-20(2)18(23)16-5-4-10-24-16/h4-10,15,21H,3,11-12H2,1-2H3,(H,19,22). The Kier molecular flexibility index (Phi) is 6.52. The molecule has 1 aromatic heterocycles. The van der Waals surface area contributed by atoms with Crippen LogP contribution in [-0.2, 0) is 11.2 Å².